The number of nitrogens with two attached hydrogens (primary N) is 1. The van der Waals surface area contributed by atoms with E-state index in [2.05, 4.69) is 22.3 Å². The fourth-order valence-electron chi connectivity index (χ4n) is 1.96. The first-order valence-corrected chi connectivity index (χ1v) is 6.67. The first-order valence-electron chi connectivity index (χ1n) is 6.67. The standard InChI is InChI=1S/C16H18N4O/c1-12-10-15(20(2)19-12)16(21)18-11-14-7-5-13(6-8-14)4-3-9-17/h5-8,10H,9,11,17H2,1-2H3,(H,18,21). The molecule has 0 saturated carbocycles. The van der Waals surface area contributed by atoms with Gasteiger partial charge in [0.25, 0.3) is 5.91 Å². The molecule has 0 aliphatic rings. The second kappa shape index (κ2) is 6.73. The highest BCUT2D eigenvalue weighted by Crippen LogP contribution is 2.05. The summed E-state index contributed by atoms with van der Waals surface area (Å²) in [5, 5.41) is 7.03. The lowest BCUT2D eigenvalue weighted by Gasteiger charge is -2.05. The second-order valence-electron chi connectivity index (χ2n) is 4.68. The van der Waals surface area contributed by atoms with Crippen molar-refractivity contribution in [3.8, 4) is 11.8 Å². The molecule has 0 bridgehead atoms. The number of nitrogens with one attached hydrogen (secondary N) is 1. The summed E-state index contributed by atoms with van der Waals surface area (Å²) in [6.07, 6.45) is 0. The van der Waals surface area contributed by atoms with Gasteiger partial charge in [-0.15, -0.1) is 0 Å². The molecular weight excluding hydrogens is 264 g/mol. The molecule has 108 valence electrons. The molecule has 0 aliphatic carbocycles. The van der Waals surface area contributed by atoms with E-state index in [9.17, 15) is 4.79 Å². The Hall–Kier alpha value is -2.58. The van der Waals surface area contributed by atoms with Crippen LogP contribution in [0.1, 0.15) is 27.3 Å². The highest BCUT2D eigenvalue weighted by molar-refractivity contribution is 5.92. The van der Waals surface area contributed by atoms with Crippen LogP contribution in [0.15, 0.2) is 30.3 Å². The van der Waals surface area contributed by atoms with Crippen molar-refractivity contribution >= 4 is 5.91 Å². The molecule has 0 radical (unpaired) electrons. The van der Waals surface area contributed by atoms with Crippen molar-refractivity contribution in [3.05, 3.63) is 52.8 Å². The first-order chi connectivity index (χ1) is 10.1. The van der Waals surface area contributed by atoms with Crippen LogP contribution in [-0.2, 0) is 13.6 Å². The van der Waals surface area contributed by atoms with Crippen molar-refractivity contribution in [2.45, 2.75) is 13.5 Å². The molecule has 3 N–H and O–H groups in total. The number of rotatable bonds is 3. The Balaban J connectivity index is 1.96. The number of carbonyl (C=O) groups excluding carboxylic acids is 1. The van der Waals surface area contributed by atoms with E-state index < -0.39 is 0 Å². The molecule has 0 fully saturated rings. The number of aromatic nitrogens is 2. The van der Waals surface area contributed by atoms with Crippen molar-refractivity contribution in [1.29, 1.82) is 0 Å². The van der Waals surface area contributed by atoms with E-state index in [-0.39, 0.29) is 5.91 Å². The molecule has 1 aromatic carbocycles. The van der Waals surface area contributed by atoms with Crippen LogP contribution in [0.5, 0.6) is 0 Å². The fourth-order valence-corrected chi connectivity index (χ4v) is 1.96. The van der Waals surface area contributed by atoms with Gasteiger partial charge in [0.1, 0.15) is 5.69 Å². The maximum absolute atomic E-state index is 12.1. The molecule has 0 unspecified atom stereocenters. The number of amides is 1. The summed E-state index contributed by atoms with van der Waals surface area (Å²) < 4.78 is 1.58. The van der Waals surface area contributed by atoms with Crippen LogP contribution >= 0.6 is 0 Å². The zero-order valence-electron chi connectivity index (χ0n) is 12.2. The van der Waals surface area contributed by atoms with Gasteiger partial charge in [0, 0.05) is 19.2 Å². The highest BCUT2D eigenvalue weighted by atomic mass is 16.2. The Morgan fingerprint density at radius 2 is 2.10 bits per heavy atom. The van der Waals surface area contributed by atoms with Gasteiger partial charge in [0.05, 0.1) is 12.2 Å². The molecule has 5 heteroatoms. The van der Waals surface area contributed by atoms with E-state index in [0.29, 0.717) is 18.8 Å². The van der Waals surface area contributed by atoms with Gasteiger partial charge in [-0.3, -0.25) is 9.48 Å². The van der Waals surface area contributed by atoms with Crippen LogP contribution in [0.3, 0.4) is 0 Å². The molecule has 0 spiro atoms. The van der Waals surface area contributed by atoms with Crippen LogP contribution in [-0.4, -0.2) is 22.2 Å². The van der Waals surface area contributed by atoms with Gasteiger partial charge < -0.3 is 11.1 Å². The van der Waals surface area contributed by atoms with Gasteiger partial charge in [-0.05, 0) is 30.7 Å². The molecule has 21 heavy (non-hydrogen) atoms. The third-order valence-electron chi connectivity index (χ3n) is 2.98. The Labute approximate surface area is 124 Å². The van der Waals surface area contributed by atoms with Crippen LogP contribution in [0.25, 0.3) is 0 Å². The molecule has 0 saturated heterocycles. The van der Waals surface area contributed by atoms with Crippen LogP contribution in [0, 0.1) is 18.8 Å². The Morgan fingerprint density at radius 1 is 1.38 bits per heavy atom. The maximum Gasteiger partial charge on any atom is 0.269 e. The van der Waals surface area contributed by atoms with Gasteiger partial charge in [-0.25, -0.2) is 0 Å². The molecule has 5 nitrogen and oxygen atoms in total. The van der Waals surface area contributed by atoms with Gasteiger partial charge in [0.15, 0.2) is 0 Å². The zero-order chi connectivity index (χ0) is 15.2. The van der Waals surface area contributed by atoms with E-state index in [4.69, 9.17) is 5.73 Å². The molecule has 1 amide bonds. The Morgan fingerprint density at radius 3 is 2.67 bits per heavy atom. The minimum atomic E-state index is -0.134. The summed E-state index contributed by atoms with van der Waals surface area (Å²) >= 11 is 0. The number of benzene rings is 1. The monoisotopic (exact) mass is 282 g/mol. The van der Waals surface area contributed by atoms with E-state index in [0.717, 1.165) is 16.8 Å². The molecule has 0 aliphatic heterocycles. The summed E-state index contributed by atoms with van der Waals surface area (Å²) in [5.41, 5.74) is 8.64. The fraction of sp³-hybridized carbons (Fsp3) is 0.250. The minimum absolute atomic E-state index is 0.134. The Kier molecular flexibility index (Phi) is 4.75. The van der Waals surface area contributed by atoms with Crippen molar-refractivity contribution in [2.75, 3.05) is 6.54 Å². The lowest BCUT2D eigenvalue weighted by Crippen LogP contribution is -2.25. The zero-order valence-corrected chi connectivity index (χ0v) is 12.2. The van der Waals surface area contributed by atoms with Crippen LogP contribution < -0.4 is 11.1 Å². The number of nitrogens with zero attached hydrogens (tertiary/aromatic N) is 2. The van der Waals surface area contributed by atoms with Crippen molar-refractivity contribution in [2.24, 2.45) is 12.8 Å². The summed E-state index contributed by atoms with van der Waals surface area (Å²) in [6, 6.07) is 9.47. The smallest absolute Gasteiger partial charge is 0.269 e. The lowest BCUT2D eigenvalue weighted by atomic mass is 10.1. The van der Waals surface area contributed by atoms with E-state index in [1.54, 1.807) is 17.8 Å². The average molecular weight is 282 g/mol. The van der Waals surface area contributed by atoms with Crippen molar-refractivity contribution in [3.63, 3.8) is 0 Å². The first kappa shape index (κ1) is 14.8. The molecule has 2 rings (SSSR count). The predicted octanol–water partition coefficient (Wildman–Crippen LogP) is 0.969. The predicted molar refractivity (Wildman–Crippen MR) is 81.5 cm³/mol. The normalized spacial score (nSPS) is 9.86. The minimum Gasteiger partial charge on any atom is -0.347 e. The van der Waals surface area contributed by atoms with E-state index in [1.165, 1.54) is 0 Å². The third-order valence-corrected chi connectivity index (χ3v) is 2.98. The second-order valence-corrected chi connectivity index (χ2v) is 4.68. The summed E-state index contributed by atoms with van der Waals surface area (Å²) in [6.45, 7) is 2.67. The topological polar surface area (TPSA) is 72.9 Å². The highest BCUT2D eigenvalue weighted by Gasteiger charge is 2.10. The van der Waals surface area contributed by atoms with E-state index in [1.807, 2.05) is 31.2 Å². The lowest BCUT2D eigenvalue weighted by molar-refractivity contribution is 0.0941. The third kappa shape index (κ3) is 3.94. The van der Waals surface area contributed by atoms with Crippen LogP contribution in [0.2, 0.25) is 0 Å². The van der Waals surface area contributed by atoms with Crippen LogP contribution in [0.4, 0.5) is 0 Å². The molecule has 2 aromatic rings. The van der Waals surface area contributed by atoms with E-state index >= 15 is 0 Å². The summed E-state index contributed by atoms with van der Waals surface area (Å²) in [5.74, 6) is 5.63. The maximum atomic E-state index is 12.1. The molecule has 1 aromatic heterocycles. The van der Waals surface area contributed by atoms with Crippen molar-refractivity contribution in [1.82, 2.24) is 15.1 Å². The number of carbonyl (C=O) groups is 1. The van der Waals surface area contributed by atoms with Gasteiger partial charge >= 0.3 is 0 Å². The number of hydrogen-bond donors (Lipinski definition) is 2. The number of aryl methyl sites for hydroxylation is 2. The quantitative estimate of drug-likeness (QED) is 0.824. The molecule has 0 atom stereocenters. The molecular formula is C16H18N4O. The number of hydrogen-bond acceptors (Lipinski definition) is 3. The largest absolute Gasteiger partial charge is 0.347 e. The SMILES string of the molecule is Cc1cc(C(=O)NCc2ccc(C#CCN)cc2)n(C)n1. The summed E-state index contributed by atoms with van der Waals surface area (Å²) in [7, 11) is 1.76. The van der Waals surface area contributed by atoms with Gasteiger partial charge in [-0.1, -0.05) is 24.0 Å². The van der Waals surface area contributed by atoms with Gasteiger partial charge in [0.2, 0.25) is 0 Å². The summed E-state index contributed by atoms with van der Waals surface area (Å²) in [4.78, 5) is 12.1. The Bertz CT molecular complexity index is 689. The molecule has 1 heterocycles. The van der Waals surface area contributed by atoms with Crippen molar-refractivity contribution < 1.29 is 4.79 Å². The average Bonchev–Trinajstić information content (AvgIpc) is 2.82. The van der Waals surface area contributed by atoms with Gasteiger partial charge in [-0.2, -0.15) is 5.10 Å².